The normalized spacial score (nSPS) is 32.9. The topological polar surface area (TPSA) is 91.4 Å². The lowest BCUT2D eigenvalue weighted by Crippen LogP contribution is -2.36. The van der Waals surface area contributed by atoms with E-state index in [1.165, 1.54) is 4.90 Å². The summed E-state index contributed by atoms with van der Waals surface area (Å²) in [5.74, 6) is -1.13. The third-order valence-electron chi connectivity index (χ3n) is 4.51. The van der Waals surface area contributed by atoms with Crippen LogP contribution in [0.1, 0.15) is 26.7 Å². The fourth-order valence-electron chi connectivity index (χ4n) is 3.67. The van der Waals surface area contributed by atoms with Gasteiger partial charge in [0.1, 0.15) is 0 Å². The van der Waals surface area contributed by atoms with Crippen molar-refractivity contribution in [1.29, 1.82) is 0 Å². The van der Waals surface area contributed by atoms with Crippen LogP contribution in [0.3, 0.4) is 0 Å². The maximum Gasteiger partial charge on any atom is 0.474 e. The average molecular weight is 347 g/mol. The van der Waals surface area contributed by atoms with Crippen LogP contribution in [0.2, 0.25) is 0 Å². The predicted octanol–water partition coefficient (Wildman–Crippen LogP) is 1.35. The Morgan fingerprint density at radius 3 is 2.04 bits per heavy atom. The van der Waals surface area contributed by atoms with Gasteiger partial charge in [-0.15, -0.1) is 0 Å². The second-order valence-corrected chi connectivity index (χ2v) is 7.46. The first-order chi connectivity index (χ1) is 11.0. The predicted molar refractivity (Wildman–Crippen MR) is 78.4 cm³/mol. The van der Waals surface area contributed by atoms with Crippen molar-refractivity contribution in [3.63, 3.8) is 0 Å². The van der Waals surface area contributed by atoms with E-state index in [-0.39, 0.29) is 62.2 Å². The minimum Gasteiger partial charge on any atom is -0.373 e. The third-order valence-corrected chi connectivity index (χ3v) is 6.16. The van der Waals surface area contributed by atoms with Gasteiger partial charge in [-0.05, 0) is 26.7 Å². The molecular weight excluding hydrogens is 325 g/mol. The molecular formula is C14H22NO7P. The van der Waals surface area contributed by atoms with Crippen LogP contribution in [-0.2, 0) is 32.5 Å². The molecule has 0 saturated carbocycles. The maximum absolute atomic E-state index is 12.4. The van der Waals surface area contributed by atoms with E-state index < -0.39 is 7.82 Å². The van der Waals surface area contributed by atoms with Crippen LogP contribution in [0.5, 0.6) is 0 Å². The fourth-order valence-corrected chi connectivity index (χ4v) is 4.83. The number of phosphoric ester groups is 1. The van der Waals surface area contributed by atoms with Gasteiger partial charge in [-0.2, -0.15) is 0 Å². The summed E-state index contributed by atoms with van der Waals surface area (Å²) in [6.45, 7) is 3.70. The van der Waals surface area contributed by atoms with Crippen molar-refractivity contribution >= 4 is 19.6 Å². The average Bonchev–Trinajstić information content (AvgIpc) is 3.17. The van der Waals surface area contributed by atoms with Gasteiger partial charge in [0, 0.05) is 0 Å². The number of amides is 2. The molecule has 0 radical (unpaired) electrons. The minimum absolute atomic E-state index is 0.0498. The Labute approximate surface area is 135 Å². The van der Waals surface area contributed by atoms with E-state index in [0.717, 1.165) is 12.8 Å². The quantitative estimate of drug-likeness (QED) is 0.483. The van der Waals surface area contributed by atoms with Gasteiger partial charge in [-0.25, -0.2) is 4.57 Å². The molecule has 4 atom stereocenters. The van der Waals surface area contributed by atoms with Crippen molar-refractivity contribution in [3.05, 3.63) is 0 Å². The van der Waals surface area contributed by atoms with E-state index in [0.29, 0.717) is 0 Å². The molecule has 3 rings (SSSR count). The van der Waals surface area contributed by atoms with E-state index in [1.54, 1.807) is 13.8 Å². The Balaban J connectivity index is 1.58. The van der Waals surface area contributed by atoms with Crippen LogP contribution in [0.25, 0.3) is 0 Å². The van der Waals surface area contributed by atoms with Crippen molar-refractivity contribution in [2.45, 2.75) is 38.9 Å². The summed E-state index contributed by atoms with van der Waals surface area (Å²) < 4.78 is 33.1. The van der Waals surface area contributed by atoms with Gasteiger partial charge in [0.25, 0.3) is 0 Å². The maximum atomic E-state index is 12.4. The Hall–Kier alpha value is -0.790. The van der Waals surface area contributed by atoms with Gasteiger partial charge in [0.2, 0.25) is 11.8 Å². The van der Waals surface area contributed by atoms with E-state index in [4.69, 9.17) is 18.3 Å². The molecule has 23 heavy (non-hydrogen) atoms. The monoisotopic (exact) mass is 347 g/mol. The number of rotatable bonds is 8. The lowest BCUT2D eigenvalue weighted by Gasteiger charge is -2.20. The molecule has 9 heteroatoms. The number of fused-ring (bicyclic) bond motifs is 5. The molecule has 3 saturated heterocycles. The third kappa shape index (κ3) is 2.98. The van der Waals surface area contributed by atoms with Crippen LogP contribution in [0, 0.1) is 11.8 Å². The largest absolute Gasteiger partial charge is 0.474 e. The summed E-state index contributed by atoms with van der Waals surface area (Å²) in [4.78, 5) is 26.1. The molecule has 3 fully saturated rings. The summed E-state index contributed by atoms with van der Waals surface area (Å²) in [7, 11) is -3.62. The zero-order valence-corrected chi connectivity index (χ0v) is 14.2. The van der Waals surface area contributed by atoms with Crippen molar-refractivity contribution < 1.29 is 32.5 Å². The van der Waals surface area contributed by atoms with Crippen molar-refractivity contribution in [1.82, 2.24) is 4.90 Å². The number of likely N-dealkylation sites (tertiary alicyclic amines) is 1. The van der Waals surface area contributed by atoms with Crippen LogP contribution in [0.4, 0.5) is 0 Å². The molecule has 0 spiro atoms. The lowest BCUT2D eigenvalue weighted by atomic mass is 9.81. The Kier molecular flexibility index (Phi) is 4.90. The number of carbonyl (C=O) groups is 2. The molecule has 3 aliphatic rings. The molecule has 0 aliphatic carbocycles. The highest BCUT2D eigenvalue weighted by atomic mass is 31.2. The molecule has 0 N–H and O–H groups in total. The van der Waals surface area contributed by atoms with E-state index >= 15 is 0 Å². The lowest BCUT2D eigenvalue weighted by molar-refractivity contribution is -0.143. The Morgan fingerprint density at radius 1 is 1.04 bits per heavy atom. The number of carbonyl (C=O) groups excluding carboxylic acids is 2. The van der Waals surface area contributed by atoms with E-state index in [2.05, 4.69) is 0 Å². The SMILES string of the molecule is CCOP(=O)(OCC)OCCN1C(=O)[C@@H]2[C@H](C1=O)[C@H]1CC[C@@H]2O1. The van der Waals surface area contributed by atoms with Crippen molar-refractivity contribution in [2.24, 2.45) is 11.8 Å². The highest BCUT2D eigenvalue weighted by Gasteiger charge is 2.62. The first-order valence-corrected chi connectivity index (χ1v) is 9.51. The van der Waals surface area contributed by atoms with Gasteiger partial charge in [-0.1, -0.05) is 0 Å². The van der Waals surface area contributed by atoms with Crippen LogP contribution < -0.4 is 0 Å². The molecule has 0 unspecified atom stereocenters. The number of ether oxygens (including phenoxy) is 1. The zero-order valence-electron chi connectivity index (χ0n) is 13.3. The molecule has 2 bridgehead atoms. The molecule has 130 valence electrons. The summed E-state index contributed by atoms with van der Waals surface area (Å²) in [6.07, 6.45) is 1.40. The van der Waals surface area contributed by atoms with E-state index in [1.807, 2.05) is 0 Å². The number of nitrogens with zero attached hydrogens (tertiary/aromatic N) is 1. The second-order valence-electron chi connectivity index (χ2n) is 5.79. The number of imide groups is 1. The number of hydrogen-bond acceptors (Lipinski definition) is 7. The summed E-state index contributed by atoms with van der Waals surface area (Å²) in [5, 5.41) is 0. The zero-order chi connectivity index (χ0) is 16.6. The molecule has 3 aliphatic heterocycles. The molecule has 0 aromatic carbocycles. The summed E-state index contributed by atoms with van der Waals surface area (Å²) in [5.41, 5.74) is 0. The molecule has 8 nitrogen and oxygen atoms in total. The van der Waals surface area contributed by atoms with Crippen LogP contribution in [0.15, 0.2) is 0 Å². The van der Waals surface area contributed by atoms with Gasteiger partial charge < -0.3 is 4.74 Å². The summed E-state index contributed by atoms with van der Waals surface area (Å²) in [6, 6.07) is 0. The van der Waals surface area contributed by atoms with Crippen LogP contribution in [-0.4, -0.2) is 55.3 Å². The molecule has 0 aromatic heterocycles. The second kappa shape index (κ2) is 6.61. The van der Waals surface area contributed by atoms with Gasteiger partial charge in [0.15, 0.2) is 0 Å². The first-order valence-electron chi connectivity index (χ1n) is 8.05. The highest BCUT2D eigenvalue weighted by Crippen LogP contribution is 2.50. The fraction of sp³-hybridized carbons (Fsp3) is 0.857. The standard InChI is InChI=1S/C14H22NO7P/c1-3-19-23(18,20-4-2)21-8-7-15-13(16)11-9-5-6-10(22-9)12(11)14(15)17/h9-12H,3-8H2,1-2H3/t9-,10+,11-,12+. The Bertz CT molecular complexity index is 501. The van der Waals surface area contributed by atoms with Crippen LogP contribution >= 0.6 is 7.82 Å². The van der Waals surface area contributed by atoms with Crippen molar-refractivity contribution in [3.8, 4) is 0 Å². The Morgan fingerprint density at radius 2 is 1.57 bits per heavy atom. The van der Waals surface area contributed by atoms with E-state index in [9.17, 15) is 14.2 Å². The number of hydrogen-bond donors (Lipinski definition) is 0. The van der Waals surface area contributed by atoms with Crippen molar-refractivity contribution in [2.75, 3.05) is 26.4 Å². The number of phosphoric acid groups is 1. The minimum atomic E-state index is -3.62. The van der Waals surface area contributed by atoms with Gasteiger partial charge >= 0.3 is 7.82 Å². The molecule has 0 aromatic rings. The summed E-state index contributed by atoms with van der Waals surface area (Å²) >= 11 is 0. The first kappa shape index (κ1) is 17.0. The molecule has 2 amide bonds. The molecule has 3 heterocycles. The van der Waals surface area contributed by atoms with Gasteiger partial charge in [0.05, 0.1) is 50.4 Å². The smallest absolute Gasteiger partial charge is 0.373 e. The van der Waals surface area contributed by atoms with Gasteiger partial charge in [-0.3, -0.25) is 28.1 Å². The highest BCUT2D eigenvalue weighted by molar-refractivity contribution is 7.48.